The standard InChI is InChI=1S/C19H16BrNO5/c1-21-16(11-5-8-13(22)14(9-11)26-2)15(18(24)19(21)25)17(23)10-3-6-12(20)7-4-10/h3-9,16,22-23H,1-2H3/b17-15+/t16-/m1/s1. The van der Waals surface area contributed by atoms with E-state index in [9.17, 15) is 19.8 Å². The third-order valence-corrected chi connectivity index (χ3v) is 4.84. The summed E-state index contributed by atoms with van der Waals surface area (Å²) in [5.74, 6) is -1.56. The fourth-order valence-electron chi connectivity index (χ4n) is 2.97. The molecule has 1 fully saturated rings. The van der Waals surface area contributed by atoms with E-state index in [1.54, 1.807) is 30.3 Å². The molecular weight excluding hydrogens is 402 g/mol. The molecule has 6 nitrogen and oxygen atoms in total. The average Bonchev–Trinajstić information content (AvgIpc) is 2.86. The SMILES string of the molecule is COc1cc([C@@H]2/C(=C(\O)c3ccc(Br)cc3)C(=O)C(=O)N2C)ccc1O. The molecule has 0 aliphatic carbocycles. The van der Waals surface area contributed by atoms with E-state index in [-0.39, 0.29) is 22.8 Å². The molecule has 0 radical (unpaired) electrons. The number of ether oxygens (including phenoxy) is 1. The summed E-state index contributed by atoms with van der Waals surface area (Å²) in [6, 6.07) is 10.5. The van der Waals surface area contributed by atoms with Crippen LogP contribution in [-0.4, -0.2) is 41.0 Å². The first-order valence-electron chi connectivity index (χ1n) is 7.72. The highest BCUT2D eigenvalue weighted by Crippen LogP contribution is 2.40. The van der Waals surface area contributed by atoms with Gasteiger partial charge in [-0.3, -0.25) is 9.59 Å². The van der Waals surface area contributed by atoms with Gasteiger partial charge in [0.25, 0.3) is 11.7 Å². The number of aliphatic hydroxyl groups excluding tert-OH is 1. The first-order valence-corrected chi connectivity index (χ1v) is 8.52. The van der Waals surface area contributed by atoms with Gasteiger partial charge in [0.15, 0.2) is 11.5 Å². The number of benzene rings is 2. The number of ketones is 1. The van der Waals surface area contributed by atoms with Gasteiger partial charge in [-0.1, -0.05) is 34.1 Å². The van der Waals surface area contributed by atoms with Crippen molar-refractivity contribution in [2.45, 2.75) is 6.04 Å². The number of carbonyl (C=O) groups excluding carboxylic acids is 2. The number of likely N-dealkylation sites (tertiary alicyclic amines) is 1. The molecule has 1 amide bonds. The Hall–Kier alpha value is -2.80. The Morgan fingerprint density at radius 2 is 1.81 bits per heavy atom. The number of halogens is 1. The van der Waals surface area contributed by atoms with Crippen molar-refractivity contribution in [1.82, 2.24) is 4.90 Å². The second kappa shape index (κ2) is 6.84. The summed E-state index contributed by atoms with van der Waals surface area (Å²) in [6.45, 7) is 0. The molecule has 2 aromatic rings. The van der Waals surface area contributed by atoms with Crippen molar-refractivity contribution >= 4 is 33.4 Å². The largest absolute Gasteiger partial charge is 0.507 e. The minimum absolute atomic E-state index is 0.00688. The van der Waals surface area contributed by atoms with Gasteiger partial charge in [0.05, 0.1) is 18.7 Å². The Bertz CT molecular complexity index is 920. The lowest BCUT2D eigenvalue weighted by atomic mass is 9.95. The molecule has 0 saturated carbocycles. The Kier molecular flexibility index (Phi) is 4.73. The van der Waals surface area contributed by atoms with E-state index in [0.29, 0.717) is 11.1 Å². The second-order valence-electron chi connectivity index (χ2n) is 5.85. The van der Waals surface area contributed by atoms with Crippen molar-refractivity contribution in [2.24, 2.45) is 0 Å². The molecule has 1 saturated heterocycles. The van der Waals surface area contributed by atoms with Crippen LogP contribution in [0.1, 0.15) is 17.2 Å². The highest BCUT2D eigenvalue weighted by Gasteiger charge is 2.44. The van der Waals surface area contributed by atoms with Crippen LogP contribution in [0.3, 0.4) is 0 Å². The molecule has 1 aliphatic heterocycles. The lowest BCUT2D eigenvalue weighted by Gasteiger charge is -2.21. The van der Waals surface area contributed by atoms with E-state index in [4.69, 9.17) is 4.74 Å². The third kappa shape index (κ3) is 2.94. The van der Waals surface area contributed by atoms with Crippen LogP contribution in [0.5, 0.6) is 11.5 Å². The van der Waals surface area contributed by atoms with Crippen molar-refractivity contribution in [3.8, 4) is 11.5 Å². The monoisotopic (exact) mass is 417 g/mol. The minimum Gasteiger partial charge on any atom is -0.507 e. The van der Waals surface area contributed by atoms with Gasteiger partial charge in [0.1, 0.15) is 5.76 Å². The number of aliphatic hydroxyl groups is 1. The summed E-state index contributed by atoms with van der Waals surface area (Å²) in [4.78, 5) is 26.0. The molecule has 0 bridgehead atoms. The number of phenolic OH excluding ortho intramolecular Hbond substituents is 1. The second-order valence-corrected chi connectivity index (χ2v) is 6.76. The molecule has 1 atom stereocenters. The van der Waals surface area contributed by atoms with Crippen LogP contribution in [0.25, 0.3) is 5.76 Å². The van der Waals surface area contributed by atoms with E-state index in [2.05, 4.69) is 15.9 Å². The van der Waals surface area contributed by atoms with Crippen LogP contribution >= 0.6 is 15.9 Å². The molecule has 26 heavy (non-hydrogen) atoms. The quantitative estimate of drug-likeness (QED) is 0.454. The van der Waals surface area contributed by atoms with Crippen LogP contribution in [-0.2, 0) is 9.59 Å². The lowest BCUT2D eigenvalue weighted by molar-refractivity contribution is -0.139. The normalized spacial score (nSPS) is 19.0. The van der Waals surface area contributed by atoms with Gasteiger partial charge in [-0.2, -0.15) is 0 Å². The molecule has 2 aromatic carbocycles. The zero-order chi connectivity index (χ0) is 19.0. The molecule has 1 aliphatic rings. The summed E-state index contributed by atoms with van der Waals surface area (Å²) in [5.41, 5.74) is 0.961. The fourth-order valence-corrected chi connectivity index (χ4v) is 3.23. The number of amides is 1. The topological polar surface area (TPSA) is 87.1 Å². The molecule has 0 aromatic heterocycles. The predicted octanol–water partition coefficient (Wildman–Crippen LogP) is 3.21. The highest BCUT2D eigenvalue weighted by molar-refractivity contribution is 9.10. The Labute approximate surface area is 158 Å². The molecule has 0 spiro atoms. The van der Waals surface area contributed by atoms with Crippen molar-refractivity contribution in [2.75, 3.05) is 14.2 Å². The number of methoxy groups -OCH3 is 1. The number of nitrogens with zero attached hydrogens (tertiary/aromatic N) is 1. The Balaban J connectivity index is 2.18. The van der Waals surface area contributed by atoms with Crippen molar-refractivity contribution < 1.29 is 24.5 Å². The lowest BCUT2D eigenvalue weighted by Crippen LogP contribution is -2.24. The number of likely N-dealkylation sites (N-methyl/N-ethyl adjacent to an activating group) is 1. The molecule has 1 heterocycles. The average molecular weight is 418 g/mol. The number of phenols is 1. The summed E-state index contributed by atoms with van der Waals surface area (Å²) in [7, 11) is 2.90. The number of carbonyl (C=O) groups is 2. The Morgan fingerprint density at radius 1 is 1.15 bits per heavy atom. The molecule has 2 N–H and O–H groups in total. The fraction of sp³-hybridized carbons (Fsp3) is 0.158. The van der Waals surface area contributed by atoms with Crippen LogP contribution in [0, 0.1) is 0 Å². The first-order chi connectivity index (χ1) is 12.3. The van der Waals surface area contributed by atoms with Crippen molar-refractivity contribution in [3.63, 3.8) is 0 Å². The van der Waals surface area contributed by atoms with Gasteiger partial charge in [-0.05, 0) is 29.8 Å². The van der Waals surface area contributed by atoms with Gasteiger partial charge in [-0.15, -0.1) is 0 Å². The zero-order valence-corrected chi connectivity index (χ0v) is 15.6. The van der Waals surface area contributed by atoms with E-state index < -0.39 is 17.7 Å². The van der Waals surface area contributed by atoms with Crippen LogP contribution < -0.4 is 4.74 Å². The molecule has 0 unspecified atom stereocenters. The van der Waals surface area contributed by atoms with Crippen molar-refractivity contribution in [3.05, 3.63) is 63.6 Å². The Morgan fingerprint density at radius 3 is 2.42 bits per heavy atom. The van der Waals surface area contributed by atoms with Gasteiger partial charge in [0.2, 0.25) is 0 Å². The molecule has 134 valence electrons. The smallest absolute Gasteiger partial charge is 0.295 e. The third-order valence-electron chi connectivity index (χ3n) is 4.31. The van der Waals surface area contributed by atoms with Gasteiger partial charge in [-0.25, -0.2) is 0 Å². The predicted molar refractivity (Wildman–Crippen MR) is 98.9 cm³/mol. The van der Waals surface area contributed by atoms with Crippen LogP contribution in [0.15, 0.2) is 52.5 Å². The maximum absolute atomic E-state index is 12.5. The van der Waals surface area contributed by atoms with E-state index in [1.165, 1.54) is 31.2 Å². The molecule has 7 heteroatoms. The maximum atomic E-state index is 12.5. The minimum atomic E-state index is -0.784. The summed E-state index contributed by atoms with van der Waals surface area (Å²) in [6.07, 6.45) is 0. The van der Waals surface area contributed by atoms with E-state index >= 15 is 0 Å². The van der Waals surface area contributed by atoms with E-state index in [0.717, 1.165) is 4.47 Å². The summed E-state index contributed by atoms with van der Waals surface area (Å²) < 4.78 is 5.93. The highest BCUT2D eigenvalue weighted by atomic mass is 79.9. The first kappa shape index (κ1) is 18.0. The number of hydrogen-bond acceptors (Lipinski definition) is 5. The van der Waals surface area contributed by atoms with Crippen LogP contribution in [0.2, 0.25) is 0 Å². The maximum Gasteiger partial charge on any atom is 0.295 e. The van der Waals surface area contributed by atoms with Gasteiger partial charge < -0.3 is 19.8 Å². The molecule has 3 rings (SSSR count). The summed E-state index contributed by atoms with van der Waals surface area (Å²) in [5, 5.41) is 20.5. The van der Waals surface area contributed by atoms with Gasteiger partial charge >= 0.3 is 0 Å². The zero-order valence-electron chi connectivity index (χ0n) is 14.1. The van der Waals surface area contributed by atoms with E-state index in [1.807, 2.05) is 0 Å². The summed E-state index contributed by atoms with van der Waals surface area (Å²) >= 11 is 3.32. The van der Waals surface area contributed by atoms with Gasteiger partial charge in [0, 0.05) is 17.1 Å². The number of hydrogen-bond donors (Lipinski definition) is 2. The van der Waals surface area contributed by atoms with Crippen molar-refractivity contribution in [1.29, 1.82) is 0 Å². The number of Topliss-reactive ketones (excluding diaryl/α,β-unsaturated/α-hetero) is 1. The molecular formula is C19H16BrNO5. The van der Waals surface area contributed by atoms with Crippen LogP contribution in [0.4, 0.5) is 0 Å². The number of rotatable bonds is 3. The number of aromatic hydroxyl groups is 1.